The van der Waals surface area contributed by atoms with Crippen molar-refractivity contribution in [2.45, 2.75) is 6.92 Å². The molecule has 17 heavy (non-hydrogen) atoms. The highest BCUT2D eigenvalue weighted by Crippen LogP contribution is 2.22. The van der Waals surface area contributed by atoms with Gasteiger partial charge in [0.15, 0.2) is 0 Å². The molecule has 0 bridgehead atoms. The number of imidazole rings is 1. The van der Waals surface area contributed by atoms with E-state index in [1.807, 2.05) is 25.1 Å². The Morgan fingerprint density at radius 3 is 2.88 bits per heavy atom. The Bertz CT molecular complexity index is 688. The molecule has 3 aromatic rings. The number of hydrogen-bond donors (Lipinski definition) is 1. The molecule has 0 atom stereocenters. The van der Waals surface area contributed by atoms with Gasteiger partial charge in [-0.25, -0.2) is 9.37 Å². The van der Waals surface area contributed by atoms with Crippen molar-refractivity contribution in [3.8, 4) is 11.4 Å². The number of H-pyrrole nitrogens is 1. The molecule has 2 aromatic heterocycles. The predicted octanol–water partition coefficient (Wildman–Crippen LogP) is 3.07. The quantitative estimate of drug-likeness (QED) is 0.694. The van der Waals surface area contributed by atoms with E-state index in [0.717, 1.165) is 16.6 Å². The maximum absolute atomic E-state index is 13.1. The molecule has 0 saturated heterocycles. The third kappa shape index (κ3) is 1.67. The molecule has 84 valence electrons. The van der Waals surface area contributed by atoms with Gasteiger partial charge in [0.2, 0.25) is 0 Å². The first kappa shape index (κ1) is 9.96. The van der Waals surface area contributed by atoms with Gasteiger partial charge in [0.05, 0.1) is 17.2 Å². The zero-order valence-electron chi connectivity index (χ0n) is 9.24. The van der Waals surface area contributed by atoms with Gasteiger partial charge < -0.3 is 4.98 Å². The van der Waals surface area contributed by atoms with Crippen LogP contribution in [0.15, 0.2) is 36.7 Å². The number of halogens is 1. The summed E-state index contributed by atoms with van der Waals surface area (Å²) in [5.74, 6) is 0.279. The van der Waals surface area contributed by atoms with Gasteiger partial charge in [-0.2, -0.15) is 0 Å². The zero-order valence-corrected chi connectivity index (χ0v) is 9.24. The van der Waals surface area contributed by atoms with Crippen LogP contribution < -0.4 is 0 Å². The van der Waals surface area contributed by atoms with Crippen LogP contribution in [0.2, 0.25) is 0 Å². The average Bonchev–Trinajstić information content (AvgIpc) is 2.74. The number of fused-ring (bicyclic) bond motifs is 1. The lowest BCUT2D eigenvalue weighted by atomic mass is 10.2. The Morgan fingerprint density at radius 1 is 1.24 bits per heavy atom. The first-order valence-corrected chi connectivity index (χ1v) is 5.30. The molecule has 1 aromatic carbocycles. The Labute approximate surface area is 97.3 Å². The lowest BCUT2D eigenvalue weighted by Crippen LogP contribution is -1.84. The second-order valence-electron chi connectivity index (χ2n) is 3.95. The molecule has 0 aliphatic carbocycles. The van der Waals surface area contributed by atoms with Crippen LogP contribution in [0.4, 0.5) is 4.39 Å². The van der Waals surface area contributed by atoms with E-state index in [9.17, 15) is 4.39 Å². The SMILES string of the molecule is Cc1cccc2[nH]c(-c3cncc(F)c3)nc12. The van der Waals surface area contributed by atoms with Crippen LogP contribution in [0.25, 0.3) is 22.4 Å². The molecular weight excluding hydrogens is 217 g/mol. The van der Waals surface area contributed by atoms with Crippen molar-refractivity contribution < 1.29 is 4.39 Å². The number of hydrogen-bond acceptors (Lipinski definition) is 2. The largest absolute Gasteiger partial charge is 0.338 e. The van der Waals surface area contributed by atoms with Crippen LogP contribution >= 0.6 is 0 Å². The Balaban J connectivity index is 2.22. The summed E-state index contributed by atoms with van der Waals surface area (Å²) in [6, 6.07) is 7.33. The van der Waals surface area contributed by atoms with E-state index in [0.29, 0.717) is 11.4 Å². The second-order valence-corrected chi connectivity index (χ2v) is 3.95. The van der Waals surface area contributed by atoms with Gasteiger partial charge in [0, 0.05) is 11.8 Å². The van der Waals surface area contributed by atoms with Crippen LogP contribution in [0.5, 0.6) is 0 Å². The first-order chi connectivity index (χ1) is 8.24. The summed E-state index contributed by atoms with van der Waals surface area (Å²) in [5, 5.41) is 0. The zero-order chi connectivity index (χ0) is 11.8. The molecule has 1 N–H and O–H groups in total. The highest BCUT2D eigenvalue weighted by molar-refractivity contribution is 5.82. The van der Waals surface area contributed by atoms with Crippen LogP contribution in [-0.4, -0.2) is 15.0 Å². The fourth-order valence-electron chi connectivity index (χ4n) is 1.85. The Hall–Kier alpha value is -2.23. The maximum Gasteiger partial charge on any atom is 0.142 e. The van der Waals surface area contributed by atoms with Gasteiger partial charge in [-0.1, -0.05) is 12.1 Å². The minimum Gasteiger partial charge on any atom is -0.338 e. The molecule has 2 heterocycles. The number of aromatic nitrogens is 3. The van der Waals surface area contributed by atoms with Gasteiger partial charge in [0.25, 0.3) is 0 Å². The number of aryl methyl sites for hydroxylation is 1. The van der Waals surface area contributed by atoms with Gasteiger partial charge >= 0.3 is 0 Å². The Kier molecular flexibility index (Phi) is 2.14. The lowest BCUT2D eigenvalue weighted by molar-refractivity contribution is 0.622. The van der Waals surface area contributed by atoms with E-state index < -0.39 is 0 Å². The summed E-state index contributed by atoms with van der Waals surface area (Å²) in [4.78, 5) is 11.4. The number of nitrogens with zero attached hydrogens (tertiary/aromatic N) is 2. The average molecular weight is 227 g/mol. The highest BCUT2D eigenvalue weighted by atomic mass is 19.1. The van der Waals surface area contributed by atoms with E-state index >= 15 is 0 Å². The molecule has 3 nitrogen and oxygen atoms in total. The molecule has 3 rings (SSSR count). The monoisotopic (exact) mass is 227 g/mol. The summed E-state index contributed by atoms with van der Waals surface area (Å²) in [7, 11) is 0. The van der Waals surface area contributed by atoms with E-state index in [-0.39, 0.29) is 5.82 Å². The lowest BCUT2D eigenvalue weighted by Gasteiger charge is -1.94. The number of rotatable bonds is 1. The fourth-order valence-corrected chi connectivity index (χ4v) is 1.85. The molecule has 0 amide bonds. The number of para-hydroxylation sites is 1. The number of nitrogens with one attached hydrogen (secondary N) is 1. The number of benzene rings is 1. The van der Waals surface area contributed by atoms with Crippen LogP contribution in [0.1, 0.15) is 5.56 Å². The summed E-state index contributed by atoms with van der Waals surface area (Å²) in [6.07, 6.45) is 2.77. The summed E-state index contributed by atoms with van der Waals surface area (Å²) in [5.41, 5.74) is 3.60. The van der Waals surface area contributed by atoms with Crippen molar-refractivity contribution in [2.24, 2.45) is 0 Å². The molecule has 0 saturated carbocycles. The van der Waals surface area contributed by atoms with E-state index in [2.05, 4.69) is 15.0 Å². The van der Waals surface area contributed by atoms with Gasteiger partial charge in [0.1, 0.15) is 11.6 Å². The number of pyridine rings is 1. The molecule has 0 spiro atoms. The number of aromatic amines is 1. The van der Waals surface area contributed by atoms with Crippen molar-refractivity contribution in [3.63, 3.8) is 0 Å². The van der Waals surface area contributed by atoms with Crippen molar-refractivity contribution >= 4 is 11.0 Å². The molecule has 0 unspecified atom stereocenters. The fraction of sp³-hybridized carbons (Fsp3) is 0.0769. The highest BCUT2D eigenvalue weighted by Gasteiger charge is 2.07. The van der Waals surface area contributed by atoms with Crippen molar-refractivity contribution in [2.75, 3.05) is 0 Å². The minimum atomic E-state index is -0.361. The standard InChI is InChI=1S/C13H10FN3/c1-8-3-2-4-11-12(8)17-13(16-11)9-5-10(14)7-15-6-9/h2-7H,1H3,(H,16,17). The smallest absolute Gasteiger partial charge is 0.142 e. The predicted molar refractivity (Wildman–Crippen MR) is 64.0 cm³/mol. The van der Waals surface area contributed by atoms with Crippen LogP contribution in [0.3, 0.4) is 0 Å². The molecular formula is C13H10FN3. The third-order valence-corrected chi connectivity index (χ3v) is 2.69. The maximum atomic E-state index is 13.1. The van der Waals surface area contributed by atoms with Crippen molar-refractivity contribution in [1.82, 2.24) is 15.0 Å². The molecule has 0 radical (unpaired) electrons. The van der Waals surface area contributed by atoms with E-state index in [1.54, 1.807) is 6.20 Å². The normalized spacial score (nSPS) is 10.9. The van der Waals surface area contributed by atoms with Crippen molar-refractivity contribution in [1.29, 1.82) is 0 Å². The van der Waals surface area contributed by atoms with Crippen LogP contribution in [-0.2, 0) is 0 Å². The van der Waals surface area contributed by atoms with E-state index in [4.69, 9.17) is 0 Å². The molecule has 0 aliphatic rings. The summed E-state index contributed by atoms with van der Waals surface area (Å²) < 4.78 is 13.1. The van der Waals surface area contributed by atoms with E-state index in [1.165, 1.54) is 12.3 Å². The Morgan fingerprint density at radius 2 is 2.12 bits per heavy atom. The van der Waals surface area contributed by atoms with Gasteiger partial charge in [-0.15, -0.1) is 0 Å². The molecule has 4 heteroatoms. The van der Waals surface area contributed by atoms with Gasteiger partial charge in [-0.05, 0) is 24.6 Å². The topological polar surface area (TPSA) is 41.6 Å². The van der Waals surface area contributed by atoms with Crippen molar-refractivity contribution in [3.05, 3.63) is 48.0 Å². The second kappa shape index (κ2) is 3.66. The van der Waals surface area contributed by atoms with Crippen LogP contribution in [0, 0.1) is 12.7 Å². The minimum absolute atomic E-state index is 0.361. The molecule has 0 aliphatic heterocycles. The molecule has 0 fully saturated rings. The van der Waals surface area contributed by atoms with Gasteiger partial charge in [-0.3, -0.25) is 4.98 Å². The summed E-state index contributed by atoms with van der Waals surface area (Å²) >= 11 is 0. The third-order valence-electron chi connectivity index (χ3n) is 2.69. The summed E-state index contributed by atoms with van der Waals surface area (Å²) in [6.45, 7) is 2.00. The first-order valence-electron chi connectivity index (χ1n) is 5.30.